The van der Waals surface area contributed by atoms with Gasteiger partial charge in [0, 0.05) is 16.7 Å². The lowest BCUT2D eigenvalue weighted by Gasteiger charge is -2.14. The number of nitrogens with zero attached hydrogens (tertiary/aromatic N) is 1. The van der Waals surface area contributed by atoms with Crippen LogP contribution in [0.5, 0.6) is 0 Å². The normalized spacial score (nSPS) is 12.2. The Hall–Kier alpha value is -1.13. The molecular formula is C15H21BrN2O3. The first-order chi connectivity index (χ1) is 10.0. The summed E-state index contributed by atoms with van der Waals surface area (Å²) in [5.74, 6) is 0. The van der Waals surface area contributed by atoms with Crippen LogP contribution in [0.15, 0.2) is 22.7 Å². The van der Waals surface area contributed by atoms with Crippen LogP contribution in [0.1, 0.15) is 19.4 Å². The predicted molar refractivity (Wildman–Crippen MR) is 85.3 cm³/mol. The molecule has 6 heteroatoms. The van der Waals surface area contributed by atoms with E-state index in [0.717, 1.165) is 10.2 Å². The maximum atomic E-state index is 9.81. The Balaban J connectivity index is 2.24. The minimum absolute atomic E-state index is 0.189. The number of ether oxygens (including phenoxy) is 2. The van der Waals surface area contributed by atoms with E-state index in [9.17, 15) is 5.11 Å². The van der Waals surface area contributed by atoms with Crippen LogP contribution in [0.25, 0.3) is 0 Å². The molecule has 0 spiro atoms. The molecule has 0 saturated carbocycles. The Morgan fingerprint density at radius 3 is 2.76 bits per heavy atom. The first-order valence-corrected chi connectivity index (χ1v) is 7.63. The highest BCUT2D eigenvalue weighted by Crippen LogP contribution is 2.23. The first-order valence-electron chi connectivity index (χ1n) is 6.84. The minimum atomic E-state index is -0.605. The Bertz CT molecular complexity index is 474. The molecule has 0 radical (unpaired) electrons. The maximum absolute atomic E-state index is 9.81. The quantitative estimate of drug-likeness (QED) is 0.665. The molecule has 0 fully saturated rings. The fraction of sp³-hybridized carbons (Fsp3) is 0.533. The zero-order valence-electron chi connectivity index (χ0n) is 12.3. The summed E-state index contributed by atoms with van der Waals surface area (Å²) in [6.45, 7) is 5.55. The first kappa shape index (κ1) is 17.9. The molecular weight excluding hydrogens is 336 g/mol. The standard InChI is InChI=1S/C15H21BrN2O3/c1-11(2)21-6-5-20-10-13(19)9-18-15-4-3-12(8-17)7-14(15)16/h3-4,7,11,13,18-19H,5-6,9-10H2,1-2H3. The van der Waals surface area contributed by atoms with E-state index >= 15 is 0 Å². The molecule has 21 heavy (non-hydrogen) atoms. The number of aliphatic hydroxyl groups excluding tert-OH is 1. The van der Waals surface area contributed by atoms with E-state index in [1.165, 1.54) is 0 Å². The summed E-state index contributed by atoms with van der Waals surface area (Å²) in [6, 6.07) is 7.32. The topological polar surface area (TPSA) is 74.5 Å². The molecule has 1 unspecified atom stereocenters. The van der Waals surface area contributed by atoms with E-state index in [1.54, 1.807) is 18.2 Å². The summed E-state index contributed by atoms with van der Waals surface area (Å²) in [4.78, 5) is 0. The molecule has 116 valence electrons. The Labute approximate surface area is 134 Å². The number of halogens is 1. The van der Waals surface area contributed by atoms with Gasteiger partial charge >= 0.3 is 0 Å². The molecule has 0 aliphatic heterocycles. The number of hydrogen-bond donors (Lipinski definition) is 2. The zero-order chi connectivity index (χ0) is 15.7. The van der Waals surface area contributed by atoms with Crippen molar-refractivity contribution in [2.45, 2.75) is 26.1 Å². The molecule has 1 atom stereocenters. The Morgan fingerprint density at radius 2 is 2.14 bits per heavy atom. The summed E-state index contributed by atoms with van der Waals surface area (Å²) in [5, 5.41) is 21.7. The monoisotopic (exact) mass is 356 g/mol. The van der Waals surface area contributed by atoms with Crippen molar-refractivity contribution in [1.82, 2.24) is 0 Å². The molecule has 1 rings (SSSR count). The fourth-order valence-electron chi connectivity index (χ4n) is 1.58. The summed E-state index contributed by atoms with van der Waals surface area (Å²) < 4.78 is 11.5. The molecule has 0 aromatic heterocycles. The van der Waals surface area contributed by atoms with Gasteiger partial charge in [-0.05, 0) is 48.0 Å². The smallest absolute Gasteiger partial charge is 0.0992 e. The van der Waals surface area contributed by atoms with E-state index in [2.05, 4.69) is 27.3 Å². The van der Waals surface area contributed by atoms with Gasteiger partial charge in [0.1, 0.15) is 0 Å². The van der Waals surface area contributed by atoms with Crippen molar-refractivity contribution < 1.29 is 14.6 Å². The number of nitriles is 1. The van der Waals surface area contributed by atoms with Crippen molar-refractivity contribution in [2.75, 3.05) is 31.7 Å². The number of rotatable bonds is 9. The summed E-state index contributed by atoms with van der Waals surface area (Å²) in [7, 11) is 0. The van der Waals surface area contributed by atoms with Gasteiger partial charge in [-0.25, -0.2) is 0 Å². The molecule has 1 aromatic rings. The Morgan fingerprint density at radius 1 is 1.38 bits per heavy atom. The second-order valence-electron chi connectivity index (χ2n) is 4.84. The summed E-state index contributed by atoms with van der Waals surface area (Å²) in [6.07, 6.45) is -0.416. The second-order valence-corrected chi connectivity index (χ2v) is 5.69. The molecule has 0 heterocycles. The number of nitrogens with one attached hydrogen (secondary N) is 1. The minimum Gasteiger partial charge on any atom is -0.389 e. The predicted octanol–water partition coefficient (Wildman–Crippen LogP) is 2.54. The second kappa shape index (κ2) is 9.74. The lowest BCUT2D eigenvalue weighted by molar-refractivity contribution is -0.00734. The van der Waals surface area contributed by atoms with Gasteiger partial charge < -0.3 is 19.9 Å². The van der Waals surface area contributed by atoms with Gasteiger partial charge in [0.05, 0.1) is 43.7 Å². The zero-order valence-corrected chi connectivity index (χ0v) is 13.9. The number of anilines is 1. The van der Waals surface area contributed by atoms with Gasteiger partial charge in [0.25, 0.3) is 0 Å². The molecule has 0 bridgehead atoms. The van der Waals surface area contributed by atoms with Gasteiger partial charge in [-0.1, -0.05) is 0 Å². The van der Waals surface area contributed by atoms with Crippen molar-refractivity contribution in [3.05, 3.63) is 28.2 Å². The van der Waals surface area contributed by atoms with Crippen molar-refractivity contribution in [1.29, 1.82) is 5.26 Å². The maximum Gasteiger partial charge on any atom is 0.0992 e. The molecule has 2 N–H and O–H groups in total. The van der Waals surface area contributed by atoms with Gasteiger partial charge in [-0.2, -0.15) is 5.26 Å². The largest absolute Gasteiger partial charge is 0.389 e. The van der Waals surface area contributed by atoms with E-state index in [0.29, 0.717) is 25.3 Å². The van der Waals surface area contributed by atoms with Gasteiger partial charge in [0.2, 0.25) is 0 Å². The van der Waals surface area contributed by atoms with Crippen LogP contribution in [0.3, 0.4) is 0 Å². The van der Waals surface area contributed by atoms with Crippen molar-refractivity contribution >= 4 is 21.6 Å². The number of aliphatic hydroxyl groups is 1. The van der Waals surface area contributed by atoms with Crippen LogP contribution in [0.4, 0.5) is 5.69 Å². The van der Waals surface area contributed by atoms with Crippen LogP contribution < -0.4 is 5.32 Å². The molecule has 0 amide bonds. The highest BCUT2D eigenvalue weighted by molar-refractivity contribution is 9.10. The van der Waals surface area contributed by atoms with Gasteiger partial charge in [-0.3, -0.25) is 0 Å². The Kier molecular flexibility index (Phi) is 8.31. The average Bonchev–Trinajstić information content (AvgIpc) is 2.45. The lowest BCUT2D eigenvalue weighted by atomic mass is 10.2. The molecule has 0 aliphatic carbocycles. The summed E-state index contributed by atoms with van der Waals surface area (Å²) >= 11 is 3.38. The van der Waals surface area contributed by atoms with E-state index in [-0.39, 0.29) is 12.7 Å². The average molecular weight is 357 g/mol. The third-order valence-corrected chi connectivity index (χ3v) is 3.27. The van der Waals surface area contributed by atoms with Crippen molar-refractivity contribution in [3.63, 3.8) is 0 Å². The van der Waals surface area contributed by atoms with Crippen LogP contribution in [-0.2, 0) is 9.47 Å². The van der Waals surface area contributed by atoms with Crippen LogP contribution in [0, 0.1) is 11.3 Å². The number of hydrogen-bond acceptors (Lipinski definition) is 5. The lowest BCUT2D eigenvalue weighted by Crippen LogP contribution is -2.26. The molecule has 5 nitrogen and oxygen atoms in total. The SMILES string of the molecule is CC(C)OCCOCC(O)CNc1ccc(C#N)cc1Br. The van der Waals surface area contributed by atoms with Gasteiger partial charge in [0.15, 0.2) is 0 Å². The molecule has 1 aromatic carbocycles. The van der Waals surface area contributed by atoms with E-state index in [4.69, 9.17) is 14.7 Å². The summed E-state index contributed by atoms with van der Waals surface area (Å²) in [5.41, 5.74) is 1.41. The fourth-order valence-corrected chi connectivity index (χ4v) is 2.10. The molecule has 0 aliphatic rings. The van der Waals surface area contributed by atoms with Crippen molar-refractivity contribution in [3.8, 4) is 6.07 Å². The highest BCUT2D eigenvalue weighted by Gasteiger charge is 2.06. The third kappa shape index (κ3) is 7.44. The van der Waals surface area contributed by atoms with Crippen LogP contribution >= 0.6 is 15.9 Å². The van der Waals surface area contributed by atoms with Crippen molar-refractivity contribution in [2.24, 2.45) is 0 Å². The van der Waals surface area contributed by atoms with E-state index < -0.39 is 6.10 Å². The number of benzene rings is 1. The third-order valence-electron chi connectivity index (χ3n) is 2.62. The van der Waals surface area contributed by atoms with Crippen LogP contribution in [-0.4, -0.2) is 43.7 Å². The van der Waals surface area contributed by atoms with Crippen LogP contribution in [0.2, 0.25) is 0 Å². The molecule has 0 saturated heterocycles. The van der Waals surface area contributed by atoms with E-state index in [1.807, 2.05) is 13.8 Å². The highest BCUT2D eigenvalue weighted by atomic mass is 79.9. The van der Waals surface area contributed by atoms with Gasteiger partial charge in [-0.15, -0.1) is 0 Å².